The van der Waals surface area contributed by atoms with Crippen molar-refractivity contribution in [1.29, 1.82) is 5.41 Å². The molecule has 0 spiro atoms. The van der Waals surface area contributed by atoms with Crippen molar-refractivity contribution in [2.75, 3.05) is 7.11 Å². The molecule has 0 saturated carbocycles. The van der Waals surface area contributed by atoms with Gasteiger partial charge in [0.05, 0.1) is 13.3 Å². The van der Waals surface area contributed by atoms with Gasteiger partial charge < -0.3 is 21.0 Å². The molecule has 5 nitrogen and oxygen atoms in total. The van der Waals surface area contributed by atoms with Crippen molar-refractivity contribution in [1.82, 2.24) is 0 Å². The molecule has 0 aliphatic rings. The number of ether oxygens (including phenoxy) is 1. The van der Waals surface area contributed by atoms with Gasteiger partial charge in [-0.15, -0.1) is 0 Å². The third kappa shape index (κ3) is 1.77. The first-order valence-corrected chi connectivity index (χ1v) is 2.41. The zero-order chi connectivity index (χ0) is 8.15. The maximum atomic E-state index is 10.1. The van der Waals surface area contributed by atoms with E-state index in [-0.39, 0.29) is 5.76 Å². The Labute approximate surface area is 57.6 Å². The molecule has 0 aliphatic carbocycles. The lowest BCUT2D eigenvalue weighted by Crippen LogP contribution is -2.14. The summed E-state index contributed by atoms with van der Waals surface area (Å²) < 4.78 is 4.45. The Balaban J connectivity index is 4.59. The number of aliphatic carboxylic acids is 1. The average Bonchev–Trinajstić information content (AvgIpc) is 1.90. The molecule has 0 fully saturated rings. The molecule has 0 heterocycles. The highest BCUT2D eigenvalue weighted by atomic mass is 16.5. The van der Waals surface area contributed by atoms with E-state index in [2.05, 4.69) is 4.74 Å². The second kappa shape index (κ2) is 3.49. The summed E-state index contributed by atoms with van der Waals surface area (Å²) in [6.45, 7) is 0. The highest BCUT2D eigenvalue weighted by Crippen LogP contribution is 1.95. The zero-order valence-corrected chi connectivity index (χ0v) is 5.42. The first-order valence-electron chi connectivity index (χ1n) is 2.41. The molecule has 4 N–H and O–H groups in total. The van der Waals surface area contributed by atoms with Crippen molar-refractivity contribution >= 4 is 12.2 Å². The average molecular weight is 144 g/mol. The summed E-state index contributed by atoms with van der Waals surface area (Å²) in [4.78, 5) is 10.1. The maximum Gasteiger partial charge on any atom is 0.355 e. The fourth-order valence-electron chi connectivity index (χ4n) is 0.352. The fourth-order valence-corrected chi connectivity index (χ4v) is 0.352. The van der Waals surface area contributed by atoms with Gasteiger partial charge in [0.15, 0.2) is 11.5 Å². The van der Waals surface area contributed by atoms with Gasteiger partial charge in [-0.3, -0.25) is 0 Å². The lowest BCUT2D eigenvalue weighted by Gasteiger charge is -1.99. The molecular formula is C5H8N2O3. The van der Waals surface area contributed by atoms with Crippen LogP contribution in [0.5, 0.6) is 0 Å². The lowest BCUT2D eigenvalue weighted by molar-refractivity contribution is -0.132. The standard InChI is InChI=1S/C5H8N2O3/c1-10-3(2-6)4(7)5(8)9/h2,6H,7H2,1H3,(H,8,9)/b4-3+,6-2?. The van der Waals surface area contributed by atoms with Crippen LogP contribution in [0.15, 0.2) is 11.5 Å². The molecular weight excluding hydrogens is 136 g/mol. The summed E-state index contributed by atoms with van der Waals surface area (Å²) in [7, 11) is 1.25. The Morgan fingerprint density at radius 1 is 1.80 bits per heavy atom. The molecule has 0 saturated heterocycles. The van der Waals surface area contributed by atoms with Gasteiger partial charge in [-0.1, -0.05) is 0 Å². The molecule has 0 rings (SSSR count). The van der Waals surface area contributed by atoms with E-state index in [0.717, 1.165) is 6.21 Å². The number of hydrogen-bond donors (Lipinski definition) is 3. The predicted octanol–water partition coefficient (Wildman–Crippen LogP) is -0.463. The lowest BCUT2D eigenvalue weighted by atomic mass is 10.4. The molecule has 56 valence electrons. The van der Waals surface area contributed by atoms with E-state index in [4.69, 9.17) is 16.2 Å². The van der Waals surface area contributed by atoms with Crippen LogP contribution in [0.4, 0.5) is 0 Å². The number of carboxylic acids is 1. The normalized spacial score (nSPS) is 11.7. The van der Waals surface area contributed by atoms with Crippen molar-refractivity contribution in [2.24, 2.45) is 5.73 Å². The SMILES string of the molecule is CO/C(C=N)=C(/N)C(=O)O. The van der Waals surface area contributed by atoms with E-state index in [1.807, 2.05) is 0 Å². The molecule has 0 aliphatic heterocycles. The van der Waals surface area contributed by atoms with Gasteiger partial charge in [0.2, 0.25) is 0 Å². The Morgan fingerprint density at radius 2 is 2.30 bits per heavy atom. The number of rotatable bonds is 3. The minimum Gasteiger partial charge on any atom is -0.493 e. The van der Waals surface area contributed by atoms with Gasteiger partial charge in [-0.25, -0.2) is 4.79 Å². The highest BCUT2D eigenvalue weighted by Gasteiger charge is 2.07. The first kappa shape index (κ1) is 8.48. The molecule has 0 atom stereocenters. The predicted molar refractivity (Wildman–Crippen MR) is 34.6 cm³/mol. The van der Waals surface area contributed by atoms with Crippen molar-refractivity contribution in [3.05, 3.63) is 11.5 Å². The summed E-state index contributed by atoms with van der Waals surface area (Å²) in [6.07, 6.45) is 0.740. The van der Waals surface area contributed by atoms with Crippen LogP contribution in [-0.2, 0) is 9.53 Å². The Bertz CT molecular complexity index is 185. The van der Waals surface area contributed by atoms with Crippen LogP contribution in [-0.4, -0.2) is 24.4 Å². The molecule has 0 unspecified atom stereocenters. The third-order valence-corrected chi connectivity index (χ3v) is 0.847. The number of carbonyl (C=O) groups is 1. The first-order chi connectivity index (χ1) is 4.63. The summed E-state index contributed by atoms with van der Waals surface area (Å²) in [6, 6.07) is 0. The van der Waals surface area contributed by atoms with Crippen LogP contribution < -0.4 is 5.73 Å². The molecule has 0 radical (unpaired) electrons. The quantitative estimate of drug-likeness (QED) is 0.283. The van der Waals surface area contributed by atoms with Crippen LogP contribution in [0.2, 0.25) is 0 Å². The number of nitrogens with two attached hydrogens (primary N) is 1. The summed E-state index contributed by atoms with van der Waals surface area (Å²) >= 11 is 0. The van der Waals surface area contributed by atoms with Gasteiger partial charge in [-0.2, -0.15) is 0 Å². The molecule has 0 aromatic heterocycles. The van der Waals surface area contributed by atoms with E-state index < -0.39 is 11.7 Å². The van der Waals surface area contributed by atoms with Crippen LogP contribution in [0, 0.1) is 5.41 Å². The highest BCUT2D eigenvalue weighted by molar-refractivity contribution is 5.92. The Morgan fingerprint density at radius 3 is 2.40 bits per heavy atom. The molecule has 0 bridgehead atoms. The van der Waals surface area contributed by atoms with Gasteiger partial charge >= 0.3 is 5.97 Å². The van der Waals surface area contributed by atoms with Crippen molar-refractivity contribution in [2.45, 2.75) is 0 Å². The molecule has 0 amide bonds. The minimum atomic E-state index is -1.29. The second-order valence-electron chi connectivity index (χ2n) is 1.43. The Kier molecular flexibility index (Phi) is 2.96. The van der Waals surface area contributed by atoms with Crippen molar-refractivity contribution in [3.63, 3.8) is 0 Å². The molecule has 5 heteroatoms. The van der Waals surface area contributed by atoms with Gasteiger partial charge in [0, 0.05) is 0 Å². The van der Waals surface area contributed by atoms with Gasteiger partial charge in [0.25, 0.3) is 0 Å². The summed E-state index contributed by atoms with van der Waals surface area (Å²) in [5.41, 5.74) is 4.52. The number of carboxylic acid groups (broad SMARTS) is 1. The van der Waals surface area contributed by atoms with Crippen molar-refractivity contribution in [3.8, 4) is 0 Å². The van der Waals surface area contributed by atoms with Gasteiger partial charge in [0.1, 0.15) is 0 Å². The number of methoxy groups -OCH3 is 1. The van der Waals surface area contributed by atoms with Gasteiger partial charge in [-0.05, 0) is 0 Å². The fraction of sp³-hybridized carbons (Fsp3) is 0.200. The summed E-state index contributed by atoms with van der Waals surface area (Å²) in [5.74, 6) is -1.44. The third-order valence-electron chi connectivity index (χ3n) is 0.847. The van der Waals surface area contributed by atoms with Crippen LogP contribution >= 0.6 is 0 Å². The van der Waals surface area contributed by atoms with E-state index in [9.17, 15) is 4.79 Å². The van der Waals surface area contributed by atoms with E-state index >= 15 is 0 Å². The largest absolute Gasteiger partial charge is 0.493 e. The number of hydrogen-bond acceptors (Lipinski definition) is 4. The number of allylic oxidation sites excluding steroid dienone is 1. The summed E-state index contributed by atoms with van der Waals surface area (Å²) in [5, 5.41) is 14.9. The second-order valence-corrected chi connectivity index (χ2v) is 1.43. The zero-order valence-electron chi connectivity index (χ0n) is 5.42. The topological polar surface area (TPSA) is 96.4 Å². The minimum absolute atomic E-state index is 0.146. The molecule has 0 aromatic rings. The van der Waals surface area contributed by atoms with Crippen LogP contribution in [0.1, 0.15) is 0 Å². The van der Waals surface area contributed by atoms with E-state index in [1.54, 1.807) is 0 Å². The molecule has 10 heavy (non-hydrogen) atoms. The maximum absolute atomic E-state index is 10.1. The smallest absolute Gasteiger partial charge is 0.355 e. The van der Waals surface area contributed by atoms with Crippen molar-refractivity contribution < 1.29 is 14.6 Å². The number of nitrogens with one attached hydrogen (secondary N) is 1. The Hall–Kier alpha value is -1.52. The van der Waals surface area contributed by atoms with E-state index in [1.165, 1.54) is 7.11 Å². The monoisotopic (exact) mass is 144 g/mol. The molecule has 0 aromatic carbocycles. The van der Waals surface area contributed by atoms with Crippen LogP contribution in [0.25, 0.3) is 0 Å². The van der Waals surface area contributed by atoms with E-state index in [0.29, 0.717) is 0 Å². The van der Waals surface area contributed by atoms with Crippen LogP contribution in [0.3, 0.4) is 0 Å².